The van der Waals surface area contributed by atoms with E-state index in [0.29, 0.717) is 37.6 Å². The van der Waals surface area contributed by atoms with E-state index < -0.39 is 12.0 Å². The number of hydrogen-bond donors (Lipinski definition) is 1. The fourth-order valence-electron chi connectivity index (χ4n) is 2.06. The Hall–Kier alpha value is -1.66. The molecule has 2 N–H and O–H groups in total. The van der Waals surface area contributed by atoms with Crippen LogP contribution in [0.3, 0.4) is 0 Å². The van der Waals surface area contributed by atoms with Crippen LogP contribution in [-0.2, 0) is 16.1 Å². The number of amides is 1. The van der Waals surface area contributed by atoms with E-state index in [0.717, 1.165) is 0 Å². The molecule has 1 aromatic carbocycles. The summed E-state index contributed by atoms with van der Waals surface area (Å²) in [6, 6.07) is 4.61. The van der Waals surface area contributed by atoms with Crippen LogP contribution >= 0.6 is 0 Å². The monoisotopic (exact) mass is 268 g/mol. The number of carbonyl (C=O) groups excluding carboxylic acids is 1. The van der Waals surface area contributed by atoms with Gasteiger partial charge in [-0.15, -0.1) is 0 Å². The predicted molar refractivity (Wildman–Crippen MR) is 67.2 cm³/mol. The third-order valence-corrected chi connectivity index (χ3v) is 3.11. The van der Waals surface area contributed by atoms with E-state index in [1.54, 1.807) is 12.1 Å². The minimum absolute atomic E-state index is 0.289. The van der Waals surface area contributed by atoms with E-state index >= 15 is 0 Å². The highest BCUT2D eigenvalue weighted by atomic mass is 19.1. The molecule has 2 rings (SSSR count). The van der Waals surface area contributed by atoms with Gasteiger partial charge in [0.1, 0.15) is 17.7 Å². The third kappa shape index (κ3) is 3.42. The van der Waals surface area contributed by atoms with Crippen molar-refractivity contribution in [2.24, 2.45) is 5.73 Å². The van der Waals surface area contributed by atoms with Gasteiger partial charge in [0.2, 0.25) is 5.91 Å². The SMILES string of the molecule is COc1ccc(F)c(CN2CCO[C@@H](C(N)=O)C2)c1. The van der Waals surface area contributed by atoms with E-state index in [9.17, 15) is 9.18 Å². The molecule has 0 saturated carbocycles. The standard InChI is InChI=1S/C13H17FN2O3/c1-18-10-2-3-11(14)9(6-10)7-16-4-5-19-12(8-16)13(15)17/h2-3,6,12H,4-5,7-8H2,1H3,(H2,15,17)/t12-/m1/s1. The first-order valence-electron chi connectivity index (χ1n) is 6.06. The lowest BCUT2D eigenvalue weighted by Crippen LogP contribution is -2.48. The van der Waals surface area contributed by atoms with Crippen molar-refractivity contribution < 1.29 is 18.7 Å². The summed E-state index contributed by atoms with van der Waals surface area (Å²) in [5.41, 5.74) is 5.75. The third-order valence-electron chi connectivity index (χ3n) is 3.11. The zero-order valence-corrected chi connectivity index (χ0v) is 10.8. The largest absolute Gasteiger partial charge is 0.497 e. The molecule has 1 saturated heterocycles. The predicted octanol–water partition coefficient (Wildman–Crippen LogP) is 0.520. The molecule has 1 atom stereocenters. The normalized spacial score (nSPS) is 20.2. The van der Waals surface area contributed by atoms with Gasteiger partial charge in [0.15, 0.2) is 0 Å². The van der Waals surface area contributed by atoms with Gasteiger partial charge in [-0.05, 0) is 18.2 Å². The molecule has 0 spiro atoms. The van der Waals surface area contributed by atoms with Crippen LogP contribution < -0.4 is 10.5 Å². The summed E-state index contributed by atoms with van der Waals surface area (Å²) in [5.74, 6) is -0.171. The van der Waals surface area contributed by atoms with Crippen molar-refractivity contribution >= 4 is 5.91 Å². The number of carbonyl (C=O) groups is 1. The summed E-state index contributed by atoms with van der Waals surface area (Å²) in [6.45, 7) is 1.84. The first-order chi connectivity index (χ1) is 9.10. The molecule has 1 amide bonds. The average molecular weight is 268 g/mol. The molecule has 0 aromatic heterocycles. The molecule has 6 heteroatoms. The Morgan fingerprint density at radius 1 is 1.63 bits per heavy atom. The van der Waals surface area contributed by atoms with E-state index in [1.165, 1.54) is 13.2 Å². The maximum Gasteiger partial charge on any atom is 0.247 e. The molecule has 1 fully saturated rings. The van der Waals surface area contributed by atoms with Crippen LogP contribution in [0.25, 0.3) is 0 Å². The van der Waals surface area contributed by atoms with Crippen molar-refractivity contribution in [2.75, 3.05) is 26.8 Å². The second-order valence-electron chi connectivity index (χ2n) is 4.45. The molecule has 0 radical (unpaired) electrons. The van der Waals surface area contributed by atoms with Gasteiger partial charge in [-0.2, -0.15) is 0 Å². The van der Waals surface area contributed by atoms with Gasteiger partial charge in [-0.3, -0.25) is 9.69 Å². The molecule has 1 aliphatic heterocycles. The van der Waals surface area contributed by atoms with Crippen LogP contribution in [0.15, 0.2) is 18.2 Å². The van der Waals surface area contributed by atoms with E-state index in [4.69, 9.17) is 15.2 Å². The van der Waals surface area contributed by atoms with Gasteiger partial charge in [0.25, 0.3) is 0 Å². The number of ether oxygens (including phenoxy) is 2. The Labute approximate surface area is 111 Å². The molecule has 1 heterocycles. The van der Waals surface area contributed by atoms with Crippen LogP contribution in [0.5, 0.6) is 5.75 Å². The van der Waals surface area contributed by atoms with Crippen LogP contribution in [-0.4, -0.2) is 43.7 Å². The zero-order valence-electron chi connectivity index (χ0n) is 10.8. The van der Waals surface area contributed by atoms with Crippen molar-refractivity contribution in [3.8, 4) is 5.75 Å². The van der Waals surface area contributed by atoms with Crippen LogP contribution in [0.2, 0.25) is 0 Å². The quantitative estimate of drug-likeness (QED) is 0.864. The van der Waals surface area contributed by atoms with E-state index in [2.05, 4.69) is 0 Å². The first kappa shape index (κ1) is 13.8. The Morgan fingerprint density at radius 3 is 3.11 bits per heavy atom. The van der Waals surface area contributed by atoms with Gasteiger partial charge in [0.05, 0.1) is 13.7 Å². The molecule has 0 bridgehead atoms. The van der Waals surface area contributed by atoms with Gasteiger partial charge in [-0.25, -0.2) is 4.39 Å². The van der Waals surface area contributed by atoms with Crippen molar-refractivity contribution in [1.29, 1.82) is 0 Å². The first-order valence-corrected chi connectivity index (χ1v) is 6.06. The highest BCUT2D eigenvalue weighted by molar-refractivity contribution is 5.79. The fraction of sp³-hybridized carbons (Fsp3) is 0.462. The molecular formula is C13H17FN2O3. The lowest BCUT2D eigenvalue weighted by Gasteiger charge is -2.31. The number of nitrogens with two attached hydrogens (primary N) is 1. The summed E-state index contributed by atoms with van der Waals surface area (Å²) in [6.07, 6.45) is -0.623. The molecule has 104 valence electrons. The molecular weight excluding hydrogens is 251 g/mol. The van der Waals surface area contributed by atoms with Gasteiger partial charge < -0.3 is 15.2 Å². The number of morpholine rings is 1. The summed E-state index contributed by atoms with van der Waals surface area (Å²) >= 11 is 0. The van der Waals surface area contributed by atoms with Gasteiger partial charge in [0, 0.05) is 25.2 Å². The summed E-state index contributed by atoms with van der Waals surface area (Å²) in [5, 5.41) is 0. The summed E-state index contributed by atoms with van der Waals surface area (Å²) in [4.78, 5) is 13.0. The Balaban J connectivity index is 2.06. The van der Waals surface area contributed by atoms with Gasteiger partial charge >= 0.3 is 0 Å². The molecule has 1 aromatic rings. The number of primary amides is 1. The van der Waals surface area contributed by atoms with Crippen molar-refractivity contribution in [3.05, 3.63) is 29.6 Å². The molecule has 0 unspecified atom stereocenters. The lowest BCUT2D eigenvalue weighted by atomic mass is 10.1. The number of hydrogen-bond acceptors (Lipinski definition) is 4. The smallest absolute Gasteiger partial charge is 0.247 e. The second-order valence-corrected chi connectivity index (χ2v) is 4.45. The van der Waals surface area contributed by atoms with E-state index in [-0.39, 0.29) is 5.82 Å². The zero-order chi connectivity index (χ0) is 13.8. The lowest BCUT2D eigenvalue weighted by molar-refractivity contribution is -0.135. The number of methoxy groups -OCH3 is 1. The number of benzene rings is 1. The van der Waals surface area contributed by atoms with Crippen LogP contribution in [0, 0.1) is 5.82 Å². The van der Waals surface area contributed by atoms with Crippen molar-refractivity contribution in [2.45, 2.75) is 12.6 Å². The highest BCUT2D eigenvalue weighted by Gasteiger charge is 2.25. The Kier molecular flexibility index (Phi) is 4.34. The Bertz CT molecular complexity index is 467. The topological polar surface area (TPSA) is 64.8 Å². The molecule has 1 aliphatic rings. The number of halogens is 1. The highest BCUT2D eigenvalue weighted by Crippen LogP contribution is 2.19. The maximum atomic E-state index is 13.7. The molecule has 0 aliphatic carbocycles. The van der Waals surface area contributed by atoms with E-state index in [1.807, 2.05) is 4.90 Å². The molecule has 19 heavy (non-hydrogen) atoms. The number of rotatable bonds is 4. The molecule has 5 nitrogen and oxygen atoms in total. The average Bonchev–Trinajstić information content (AvgIpc) is 2.41. The maximum absolute atomic E-state index is 13.7. The Morgan fingerprint density at radius 2 is 2.42 bits per heavy atom. The second kappa shape index (κ2) is 5.99. The minimum Gasteiger partial charge on any atom is -0.497 e. The van der Waals surface area contributed by atoms with Gasteiger partial charge in [-0.1, -0.05) is 0 Å². The fourth-order valence-corrected chi connectivity index (χ4v) is 2.06. The summed E-state index contributed by atoms with van der Waals surface area (Å²) < 4.78 is 24.0. The number of nitrogens with zero attached hydrogens (tertiary/aromatic N) is 1. The van der Waals surface area contributed by atoms with Crippen molar-refractivity contribution in [1.82, 2.24) is 4.90 Å². The van der Waals surface area contributed by atoms with Crippen LogP contribution in [0.4, 0.5) is 4.39 Å². The van der Waals surface area contributed by atoms with Crippen molar-refractivity contribution in [3.63, 3.8) is 0 Å². The minimum atomic E-state index is -0.623. The summed E-state index contributed by atoms with van der Waals surface area (Å²) in [7, 11) is 1.54. The van der Waals surface area contributed by atoms with Crippen LogP contribution in [0.1, 0.15) is 5.56 Å².